The van der Waals surface area contributed by atoms with E-state index in [0.29, 0.717) is 5.56 Å². The first-order valence-corrected chi connectivity index (χ1v) is 9.38. The number of quaternary nitrogens is 1. The van der Waals surface area contributed by atoms with Gasteiger partial charge in [-0.2, -0.15) is 0 Å². The van der Waals surface area contributed by atoms with Crippen LogP contribution in [0.1, 0.15) is 21.5 Å². The molecule has 1 amide bonds. The van der Waals surface area contributed by atoms with E-state index < -0.39 is 0 Å². The van der Waals surface area contributed by atoms with Gasteiger partial charge in [0.05, 0.1) is 37.8 Å². The molecule has 1 heterocycles. The number of rotatable bonds is 4. The quantitative estimate of drug-likeness (QED) is 0.849. The number of aryl methyl sites for hydroxylation is 1. The summed E-state index contributed by atoms with van der Waals surface area (Å²) in [6.07, 6.45) is 0. The Labute approximate surface area is 157 Å². The van der Waals surface area contributed by atoms with E-state index in [0.717, 1.165) is 42.9 Å². The molecule has 3 rings (SSSR count). The predicted molar refractivity (Wildman–Crippen MR) is 102 cm³/mol. The van der Waals surface area contributed by atoms with Gasteiger partial charge in [0.2, 0.25) is 0 Å². The number of methoxy groups -OCH3 is 1. The average molecular weight is 404 g/mol. The summed E-state index contributed by atoms with van der Waals surface area (Å²) in [7, 11) is 1.62. The Balaban J connectivity index is 1.59. The molecule has 0 unspecified atom stereocenters. The Morgan fingerprint density at radius 2 is 1.92 bits per heavy atom. The molecule has 132 valence electrons. The monoisotopic (exact) mass is 403 g/mol. The van der Waals surface area contributed by atoms with Gasteiger partial charge in [-0.1, -0.05) is 24.3 Å². The van der Waals surface area contributed by atoms with E-state index >= 15 is 0 Å². The topological polar surface area (TPSA) is 34.0 Å². The first-order valence-electron chi connectivity index (χ1n) is 8.59. The van der Waals surface area contributed by atoms with Crippen LogP contribution in [0.4, 0.5) is 0 Å². The summed E-state index contributed by atoms with van der Waals surface area (Å²) in [6.45, 7) is 6.75. The van der Waals surface area contributed by atoms with Crippen molar-refractivity contribution in [2.45, 2.75) is 13.5 Å². The third-order valence-electron chi connectivity index (χ3n) is 4.86. The Kier molecular flexibility index (Phi) is 5.76. The van der Waals surface area contributed by atoms with Crippen molar-refractivity contribution in [3.63, 3.8) is 0 Å². The summed E-state index contributed by atoms with van der Waals surface area (Å²) in [5, 5.41) is 0. The summed E-state index contributed by atoms with van der Waals surface area (Å²) < 4.78 is 6.04. The zero-order valence-corrected chi connectivity index (χ0v) is 16.3. The van der Waals surface area contributed by atoms with E-state index in [9.17, 15) is 4.79 Å². The first kappa shape index (κ1) is 18.0. The summed E-state index contributed by atoms with van der Waals surface area (Å²) >= 11 is 3.45. The Hall–Kier alpha value is -1.85. The normalized spacial score (nSPS) is 15.2. The highest BCUT2D eigenvalue weighted by Crippen LogP contribution is 2.26. The number of carbonyl (C=O) groups excluding carboxylic acids is 1. The van der Waals surface area contributed by atoms with E-state index in [4.69, 9.17) is 4.74 Å². The zero-order chi connectivity index (χ0) is 17.8. The second-order valence-electron chi connectivity index (χ2n) is 6.49. The lowest BCUT2D eigenvalue weighted by Crippen LogP contribution is -3.13. The minimum atomic E-state index is 0.0956. The third-order valence-corrected chi connectivity index (χ3v) is 5.48. The van der Waals surface area contributed by atoms with Crippen LogP contribution >= 0.6 is 15.9 Å². The SMILES string of the molecule is COc1ccc(C(=O)N2CC[NH+](Cc3ccccc3C)CC2)cc1Br. The van der Waals surface area contributed by atoms with Crippen LogP contribution in [0.5, 0.6) is 5.75 Å². The summed E-state index contributed by atoms with van der Waals surface area (Å²) in [6, 6.07) is 14.1. The van der Waals surface area contributed by atoms with Crippen molar-refractivity contribution in [2.75, 3.05) is 33.3 Å². The molecule has 0 aliphatic carbocycles. The summed E-state index contributed by atoms with van der Waals surface area (Å²) in [4.78, 5) is 16.2. The molecule has 0 saturated carbocycles. The lowest BCUT2D eigenvalue weighted by molar-refractivity contribution is -0.917. The van der Waals surface area contributed by atoms with Crippen molar-refractivity contribution in [3.8, 4) is 5.75 Å². The molecule has 5 heteroatoms. The molecular weight excluding hydrogens is 380 g/mol. The van der Waals surface area contributed by atoms with Crippen LogP contribution in [0.3, 0.4) is 0 Å². The Bertz CT molecular complexity index is 755. The van der Waals surface area contributed by atoms with Gasteiger partial charge in [0.1, 0.15) is 12.3 Å². The molecule has 0 aromatic heterocycles. The van der Waals surface area contributed by atoms with Gasteiger partial charge in [0.25, 0.3) is 5.91 Å². The van der Waals surface area contributed by atoms with Gasteiger partial charge in [-0.15, -0.1) is 0 Å². The highest BCUT2D eigenvalue weighted by atomic mass is 79.9. The molecular formula is C20H24BrN2O2+. The zero-order valence-electron chi connectivity index (χ0n) is 14.7. The number of nitrogens with one attached hydrogen (secondary N) is 1. The van der Waals surface area contributed by atoms with Crippen LogP contribution in [0, 0.1) is 6.92 Å². The lowest BCUT2D eigenvalue weighted by Gasteiger charge is -2.32. The molecule has 1 fully saturated rings. The molecule has 4 nitrogen and oxygen atoms in total. The largest absolute Gasteiger partial charge is 0.496 e. The third kappa shape index (κ3) is 4.22. The van der Waals surface area contributed by atoms with Crippen LogP contribution < -0.4 is 9.64 Å². The molecule has 1 N–H and O–H groups in total. The number of ether oxygens (including phenoxy) is 1. The van der Waals surface area contributed by atoms with Crippen LogP contribution in [-0.2, 0) is 6.54 Å². The molecule has 0 spiro atoms. The summed E-state index contributed by atoms with van der Waals surface area (Å²) in [5.41, 5.74) is 3.45. The van der Waals surface area contributed by atoms with Crippen LogP contribution in [-0.4, -0.2) is 44.1 Å². The molecule has 0 bridgehead atoms. The van der Waals surface area contributed by atoms with Gasteiger partial charge in [0, 0.05) is 11.1 Å². The van der Waals surface area contributed by atoms with Crippen molar-refractivity contribution < 1.29 is 14.4 Å². The Morgan fingerprint density at radius 1 is 1.20 bits per heavy atom. The number of benzene rings is 2. The number of carbonyl (C=O) groups is 1. The van der Waals surface area contributed by atoms with Crippen molar-refractivity contribution in [3.05, 3.63) is 63.6 Å². The highest BCUT2D eigenvalue weighted by Gasteiger charge is 2.25. The minimum Gasteiger partial charge on any atom is -0.496 e. The maximum absolute atomic E-state index is 12.7. The van der Waals surface area contributed by atoms with Crippen molar-refractivity contribution in [1.29, 1.82) is 0 Å². The molecule has 0 atom stereocenters. The summed E-state index contributed by atoms with van der Waals surface area (Å²) in [5.74, 6) is 0.835. The van der Waals surface area contributed by atoms with Crippen LogP contribution in [0.15, 0.2) is 46.9 Å². The molecule has 0 radical (unpaired) electrons. The number of hydrogen-bond acceptors (Lipinski definition) is 2. The highest BCUT2D eigenvalue weighted by molar-refractivity contribution is 9.10. The fourth-order valence-corrected chi connectivity index (χ4v) is 3.80. The average Bonchev–Trinajstić information content (AvgIpc) is 2.63. The molecule has 1 saturated heterocycles. The fourth-order valence-electron chi connectivity index (χ4n) is 3.26. The smallest absolute Gasteiger partial charge is 0.254 e. The fraction of sp³-hybridized carbons (Fsp3) is 0.350. The molecule has 25 heavy (non-hydrogen) atoms. The van der Waals surface area contributed by atoms with E-state index in [-0.39, 0.29) is 5.91 Å². The van der Waals surface area contributed by atoms with Crippen molar-refractivity contribution in [1.82, 2.24) is 4.90 Å². The number of nitrogens with zero attached hydrogens (tertiary/aromatic N) is 1. The maximum atomic E-state index is 12.7. The van der Waals surface area contributed by atoms with Gasteiger partial charge in [-0.25, -0.2) is 0 Å². The van der Waals surface area contributed by atoms with Gasteiger partial charge >= 0.3 is 0 Å². The van der Waals surface area contributed by atoms with Gasteiger partial charge < -0.3 is 14.5 Å². The van der Waals surface area contributed by atoms with Crippen molar-refractivity contribution in [2.24, 2.45) is 0 Å². The number of hydrogen-bond donors (Lipinski definition) is 1. The van der Waals surface area contributed by atoms with Gasteiger partial charge in [0.15, 0.2) is 0 Å². The van der Waals surface area contributed by atoms with Crippen LogP contribution in [0.25, 0.3) is 0 Å². The van der Waals surface area contributed by atoms with Crippen molar-refractivity contribution >= 4 is 21.8 Å². The second-order valence-corrected chi connectivity index (χ2v) is 7.35. The second kappa shape index (κ2) is 8.02. The van der Waals surface area contributed by atoms with Gasteiger partial charge in [-0.3, -0.25) is 4.79 Å². The molecule has 2 aromatic carbocycles. The lowest BCUT2D eigenvalue weighted by atomic mass is 10.1. The molecule has 1 aliphatic heterocycles. The van der Waals surface area contributed by atoms with E-state index in [1.807, 2.05) is 23.1 Å². The number of piperazine rings is 1. The number of amides is 1. The minimum absolute atomic E-state index is 0.0956. The number of halogens is 1. The standard InChI is InChI=1S/C20H23BrN2O2/c1-15-5-3-4-6-17(15)14-22-9-11-23(12-10-22)20(24)16-7-8-19(25-2)18(21)13-16/h3-8,13H,9-12,14H2,1-2H3/p+1. The van der Waals surface area contributed by atoms with Gasteiger partial charge in [-0.05, 0) is 46.6 Å². The Morgan fingerprint density at radius 3 is 2.56 bits per heavy atom. The molecule has 1 aliphatic rings. The predicted octanol–water partition coefficient (Wildman–Crippen LogP) is 2.31. The van der Waals surface area contributed by atoms with E-state index in [2.05, 4.69) is 47.1 Å². The van der Waals surface area contributed by atoms with E-state index in [1.54, 1.807) is 7.11 Å². The molecule has 2 aromatic rings. The first-order chi connectivity index (χ1) is 12.1. The van der Waals surface area contributed by atoms with Crippen LogP contribution in [0.2, 0.25) is 0 Å². The maximum Gasteiger partial charge on any atom is 0.254 e. The van der Waals surface area contributed by atoms with E-state index in [1.165, 1.54) is 16.0 Å².